The molecule has 0 aliphatic heterocycles. The van der Waals surface area contributed by atoms with Crippen molar-refractivity contribution in [2.45, 2.75) is 19.4 Å². The van der Waals surface area contributed by atoms with Gasteiger partial charge in [0.2, 0.25) is 0 Å². The smallest absolute Gasteiger partial charge is 0.0919 e. The second-order valence-corrected chi connectivity index (χ2v) is 6.20. The van der Waals surface area contributed by atoms with Crippen LogP contribution in [-0.4, -0.2) is 5.11 Å². The molecule has 0 aliphatic rings. The molecule has 1 aromatic rings. The summed E-state index contributed by atoms with van der Waals surface area (Å²) in [6.07, 6.45) is 0.199. The molecule has 0 saturated carbocycles. The Morgan fingerprint density at radius 1 is 1.69 bits per heavy atom. The van der Waals surface area contributed by atoms with Crippen LogP contribution in [0.4, 0.5) is 0 Å². The maximum atomic E-state index is 9.74. The predicted octanol–water partition coefficient (Wildman–Crippen LogP) is 4.27. The maximum Gasteiger partial charge on any atom is 0.0919 e. The van der Waals surface area contributed by atoms with Crippen molar-refractivity contribution in [3.63, 3.8) is 0 Å². The lowest BCUT2D eigenvalue weighted by Crippen LogP contribution is -1.93. The lowest BCUT2D eigenvalue weighted by atomic mass is 10.1. The fourth-order valence-electron chi connectivity index (χ4n) is 0.958. The summed E-state index contributed by atoms with van der Waals surface area (Å²) in [5, 5.41) is 9.74. The number of thiophene rings is 1. The summed E-state index contributed by atoms with van der Waals surface area (Å²) in [6, 6.07) is 1.93. The first-order chi connectivity index (χ1) is 6.00. The molecular formula is C9H10Br2OS. The van der Waals surface area contributed by atoms with Crippen LogP contribution in [0, 0.1) is 0 Å². The highest BCUT2D eigenvalue weighted by Gasteiger charge is 2.12. The Bertz CT molecular complexity index is 300. The number of halogens is 2. The van der Waals surface area contributed by atoms with Crippen LogP contribution in [0.3, 0.4) is 0 Å². The highest BCUT2D eigenvalue weighted by molar-refractivity contribution is 9.13. The number of hydrogen-bond donors (Lipinski definition) is 1. The van der Waals surface area contributed by atoms with Gasteiger partial charge in [-0.1, -0.05) is 5.57 Å². The Balaban J connectivity index is 2.77. The minimum absolute atomic E-state index is 0.426. The van der Waals surface area contributed by atoms with E-state index in [4.69, 9.17) is 0 Å². The van der Waals surface area contributed by atoms with Gasteiger partial charge in [-0.15, -0.1) is 17.9 Å². The van der Waals surface area contributed by atoms with E-state index in [2.05, 4.69) is 38.4 Å². The summed E-state index contributed by atoms with van der Waals surface area (Å²) in [7, 11) is 0. The summed E-state index contributed by atoms with van der Waals surface area (Å²) < 4.78 is 2.01. The highest BCUT2D eigenvalue weighted by atomic mass is 79.9. The van der Waals surface area contributed by atoms with Crippen molar-refractivity contribution < 1.29 is 5.11 Å². The molecule has 1 nitrogen and oxygen atoms in total. The van der Waals surface area contributed by atoms with Gasteiger partial charge in [-0.2, -0.15) is 0 Å². The molecule has 13 heavy (non-hydrogen) atoms. The average Bonchev–Trinajstić information content (AvgIpc) is 2.31. The SMILES string of the molecule is C=C(C)CC(O)c1cc(Br)c(Br)s1. The number of hydrogen-bond acceptors (Lipinski definition) is 2. The molecule has 1 heterocycles. The van der Waals surface area contributed by atoms with Crippen molar-refractivity contribution >= 4 is 43.2 Å². The topological polar surface area (TPSA) is 20.2 Å². The molecule has 0 fully saturated rings. The van der Waals surface area contributed by atoms with Crippen molar-refractivity contribution in [1.29, 1.82) is 0 Å². The summed E-state index contributed by atoms with van der Waals surface area (Å²) >= 11 is 8.31. The van der Waals surface area contributed by atoms with Crippen LogP contribution in [0.2, 0.25) is 0 Å². The molecule has 72 valence electrons. The lowest BCUT2D eigenvalue weighted by molar-refractivity contribution is 0.182. The molecule has 1 rings (SSSR count). The zero-order valence-corrected chi connectivity index (χ0v) is 11.2. The zero-order chi connectivity index (χ0) is 10.0. The van der Waals surface area contributed by atoms with Gasteiger partial charge < -0.3 is 5.11 Å². The quantitative estimate of drug-likeness (QED) is 0.823. The second-order valence-electron chi connectivity index (χ2n) is 2.95. The Morgan fingerprint density at radius 3 is 2.69 bits per heavy atom. The minimum Gasteiger partial charge on any atom is -0.387 e. The van der Waals surface area contributed by atoms with E-state index in [1.165, 1.54) is 0 Å². The largest absolute Gasteiger partial charge is 0.387 e. The molecular weight excluding hydrogens is 316 g/mol. The van der Waals surface area contributed by atoms with Crippen molar-refractivity contribution in [3.05, 3.63) is 31.4 Å². The molecule has 0 bridgehead atoms. The number of aliphatic hydroxyl groups excluding tert-OH is 1. The van der Waals surface area contributed by atoms with Gasteiger partial charge in [-0.25, -0.2) is 0 Å². The van der Waals surface area contributed by atoms with Crippen LogP contribution in [0.1, 0.15) is 24.3 Å². The van der Waals surface area contributed by atoms with Crippen molar-refractivity contribution in [2.75, 3.05) is 0 Å². The van der Waals surface area contributed by atoms with Gasteiger partial charge in [0.25, 0.3) is 0 Å². The third kappa shape index (κ3) is 3.20. The molecule has 0 spiro atoms. The first-order valence-electron chi connectivity index (χ1n) is 3.78. The van der Waals surface area contributed by atoms with E-state index < -0.39 is 6.10 Å². The molecule has 0 saturated heterocycles. The van der Waals surface area contributed by atoms with Gasteiger partial charge in [-0.3, -0.25) is 0 Å². The molecule has 1 aromatic heterocycles. The normalized spacial score (nSPS) is 12.9. The van der Waals surface area contributed by atoms with E-state index in [1.807, 2.05) is 13.0 Å². The van der Waals surface area contributed by atoms with Crippen LogP contribution in [0.15, 0.2) is 26.5 Å². The molecule has 1 unspecified atom stereocenters. The molecule has 0 radical (unpaired) electrons. The van der Waals surface area contributed by atoms with Crippen LogP contribution < -0.4 is 0 Å². The van der Waals surface area contributed by atoms with Crippen LogP contribution >= 0.6 is 43.2 Å². The first-order valence-corrected chi connectivity index (χ1v) is 6.18. The van der Waals surface area contributed by atoms with Gasteiger partial charge in [-0.05, 0) is 51.3 Å². The molecule has 4 heteroatoms. The van der Waals surface area contributed by atoms with E-state index in [9.17, 15) is 5.11 Å². The van der Waals surface area contributed by atoms with E-state index >= 15 is 0 Å². The number of aliphatic hydroxyl groups is 1. The highest BCUT2D eigenvalue weighted by Crippen LogP contribution is 2.36. The predicted molar refractivity (Wildman–Crippen MR) is 64.1 cm³/mol. The van der Waals surface area contributed by atoms with Crippen LogP contribution in [0.5, 0.6) is 0 Å². The summed E-state index contributed by atoms with van der Waals surface area (Å²) in [5.74, 6) is 0. The van der Waals surface area contributed by atoms with Gasteiger partial charge >= 0.3 is 0 Å². The zero-order valence-electron chi connectivity index (χ0n) is 7.18. The fourth-order valence-corrected chi connectivity index (χ4v) is 3.03. The van der Waals surface area contributed by atoms with Crippen LogP contribution in [-0.2, 0) is 0 Å². The number of rotatable bonds is 3. The van der Waals surface area contributed by atoms with Crippen molar-refractivity contribution in [2.24, 2.45) is 0 Å². The third-order valence-electron chi connectivity index (χ3n) is 1.53. The second kappa shape index (κ2) is 4.73. The Kier molecular flexibility index (Phi) is 4.16. The van der Waals surface area contributed by atoms with Crippen molar-refractivity contribution in [3.8, 4) is 0 Å². The molecule has 0 aliphatic carbocycles. The van der Waals surface area contributed by atoms with Gasteiger partial charge in [0.05, 0.1) is 9.89 Å². The van der Waals surface area contributed by atoms with Gasteiger partial charge in [0, 0.05) is 9.35 Å². The Labute approximate surface area is 98.7 Å². The average molecular weight is 326 g/mol. The van der Waals surface area contributed by atoms with Crippen LogP contribution in [0.25, 0.3) is 0 Å². The van der Waals surface area contributed by atoms with E-state index in [0.717, 1.165) is 18.7 Å². The maximum absolute atomic E-state index is 9.74. The Morgan fingerprint density at radius 2 is 2.31 bits per heavy atom. The minimum atomic E-state index is -0.426. The lowest BCUT2D eigenvalue weighted by Gasteiger charge is -2.06. The summed E-state index contributed by atoms with van der Waals surface area (Å²) in [4.78, 5) is 0.960. The first kappa shape index (κ1) is 11.4. The summed E-state index contributed by atoms with van der Waals surface area (Å²) in [5.41, 5.74) is 0.994. The van der Waals surface area contributed by atoms with E-state index in [-0.39, 0.29) is 0 Å². The monoisotopic (exact) mass is 324 g/mol. The van der Waals surface area contributed by atoms with E-state index in [1.54, 1.807) is 11.3 Å². The third-order valence-corrected chi connectivity index (χ3v) is 4.89. The standard InChI is InChI=1S/C9H10Br2OS/c1-5(2)3-7(12)8-4-6(10)9(11)13-8/h4,7,12H,1,3H2,2H3. The molecule has 0 amide bonds. The molecule has 1 atom stereocenters. The fraction of sp³-hybridized carbons (Fsp3) is 0.333. The van der Waals surface area contributed by atoms with Gasteiger partial charge in [0.1, 0.15) is 0 Å². The molecule has 0 aromatic carbocycles. The van der Waals surface area contributed by atoms with E-state index in [0.29, 0.717) is 6.42 Å². The van der Waals surface area contributed by atoms with Crippen molar-refractivity contribution in [1.82, 2.24) is 0 Å². The molecule has 1 N–H and O–H groups in total. The van der Waals surface area contributed by atoms with Gasteiger partial charge in [0.15, 0.2) is 0 Å². The summed E-state index contributed by atoms with van der Waals surface area (Å²) in [6.45, 7) is 5.69. The Hall–Kier alpha value is 0.360.